The van der Waals surface area contributed by atoms with Crippen LogP contribution < -0.4 is 4.74 Å². The molecule has 1 rings (SSSR count). The smallest absolute Gasteiger partial charge is 0.134 e. The average molecular weight is 202 g/mol. The van der Waals surface area contributed by atoms with Gasteiger partial charge in [0.2, 0.25) is 0 Å². The summed E-state index contributed by atoms with van der Waals surface area (Å²) >= 11 is 0. The Kier molecular flexibility index (Phi) is 5.40. The van der Waals surface area contributed by atoms with Crippen molar-refractivity contribution in [1.29, 1.82) is 0 Å². The van der Waals surface area contributed by atoms with Crippen LogP contribution >= 0.6 is 0 Å². The number of methoxy groups -OCH3 is 1. The molecule has 80 valence electrons. The predicted octanol–water partition coefficient (Wildman–Crippen LogP) is 3.63. The van der Waals surface area contributed by atoms with Gasteiger partial charge in [-0.05, 0) is 18.6 Å². The summed E-state index contributed by atoms with van der Waals surface area (Å²) in [4.78, 5) is 0. The van der Waals surface area contributed by atoms with Crippen molar-refractivity contribution in [3.8, 4) is 17.6 Å². The lowest BCUT2D eigenvalue weighted by Crippen LogP contribution is -1.86. The maximum Gasteiger partial charge on any atom is 0.134 e. The zero-order valence-corrected chi connectivity index (χ0v) is 9.55. The van der Waals surface area contributed by atoms with Crippen molar-refractivity contribution in [3.63, 3.8) is 0 Å². The van der Waals surface area contributed by atoms with Gasteiger partial charge in [0.15, 0.2) is 0 Å². The van der Waals surface area contributed by atoms with E-state index in [1.165, 1.54) is 19.3 Å². The minimum atomic E-state index is 0.862. The summed E-state index contributed by atoms with van der Waals surface area (Å²) in [7, 11) is 1.68. The van der Waals surface area contributed by atoms with Gasteiger partial charge in [0.05, 0.1) is 12.7 Å². The van der Waals surface area contributed by atoms with Gasteiger partial charge in [-0.2, -0.15) is 0 Å². The lowest BCUT2D eigenvalue weighted by molar-refractivity contribution is 0.413. The number of benzene rings is 1. The molecule has 1 nitrogen and oxygen atoms in total. The third kappa shape index (κ3) is 4.08. The van der Waals surface area contributed by atoms with Crippen LogP contribution in [0.5, 0.6) is 5.75 Å². The molecule has 0 spiro atoms. The topological polar surface area (TPSA) is 9.23 Å². The quantitative estimate of drug-likeness (QED) is 0.535. The Bertz CT molecular complexity index is 344. The van der Waals surface area contributed by atoms with E-state index in [0.717, 1.165) is 17.7 Å². The number of unbranched alkanes of at least 4 members (excludes halogenated alkanes) is 3. The van der Waals surface area contributed by atoms with Gasteiger partial charge in [-0.3, -0.25) is 0 Å². The molecular formula is C14H18O. The van der Waals surface area contributed by atoms with Crippen molar-refractivity contribution in [3.05, 3.63) is 29.8 Å². The van der Waals surface area contributed by atoms with Crippen molar-refractivity contribution in [2.75, 3.05) is 7.11 Å². The van der Waals surface area contributed by atoms with Crippen molar-refractivity contribution in [1.82, 2.24) is 0 Å². The Morgan fingerprint density at radius 2 is 2.00 bits per heavy atom. The Balaban J connectivity index is 2.55. The summed E-state index contributed by atoms with van der Waals surface area (Å²) in [6.45, 7) is 2.20. The van der Waals surface area contributed by atoms with E-state index in [4.69, 9.17) is 4.74 Å². The fraction of sp³-hybridized carbons (Fsp3) is 0.429. The fourth-order valence-corrected chi connectivity index (χ4v) is 1.37. The van der Waals surface area contributed by atoms with E-state index in [-0.39, 0.29) is 0 Å². The van der Waals surface area contributed by atoms with Gasteiger partial charge < -0.3 is 4.74 Å². The standard InChI is InChI=1S/C14H18O/c1-3-4-5-6-7-10-13-11-8-9-12-14(13)15-2/h8-9,11-12H,3-6H2,1-2H3. The van der Waals surface area contributed by atoms with Crippen LogP contribution in [0.3, 0.4) is 0 Å². The van der Waals surface area contributed by atoms with Crippen molar-refractivity contribution in [2.45, 2.75) is 32.6 Å². The monoisotopic (exact) mass is 202 g/mol. The van der Waals surface area contributed by atoms with Crippen molar-refractivity contribution < 1.29 is 4.74 Å². The van der Waals surface area contributed by atoms with Crippen LogP contribution in [0, 0.1) is 11.8 Å². The third-order valence-corrected chi connectivity index (χ3v) is 2.24. The molecule has 0 bridgehead atoms. The minimum absolute atomic E-state index is 0.862. The van der Waals surface area contributed by atoms with Gasteiger partial charge in [0.25, 0.3) is 0 Å². The summed E-state index contributed by atoms with van der Waals surface area (Å²) in [5.41, 5.74) is 0.983. The van der Waals surface area contributed by atoms with Crippen molar-refractivity contribution >= 4 is 0 Å². The maximum atomic E-state index is 5.22. The van der Waals surface area contributed by atoms with Gasteiger partial charge >= 0.3 is 0 Å². The van der Waals surface area contributed by atoms with E-state index in [1.807, 2.05) is 24.3 Å². The molecule has 0 aromatic heterocycles. The Morgan fingerprint density at radius 3 is 2.73 bits per heavy atom. The molecule has 0 N–H and O–H groups in total. The molecule has 0 aliphatic heterocycles. The minimum Gasteiger partial charge on any atom is -0.495 e. The Labute approximate surface area is 92.5 Å². The zero-order chi connectivity index (χ0) is 10.9. The molecule has 0 aliphatic rings. The normalized spacial score (nSPS) is 9.20. The molecule has 0 saturated carbocycles. The third-order valence-electron chi connectivity index (χ3n) is 2.24. The average Bonchev–Trinajstić information content (AvgIpc) is 2.29. The molecule has 0 amide bonds. The summed E-state index contributed by atoms with van der Waals surface area (Å²) in [6.07, 6.45) is 4.68. The predicted molar refractivity (Wildman–Crippen MR) is 64.0 cm³/mol. The molecule has 0 saturated heterocycles. The first-order valence-electron chi connectivity index (χ1n) is 5.50. The van der Waals surface area contributed by atoms with Crippen molar-refractivity contribution in [2.24, 2.45) is 0 Å². The summed E-state index contributed by atoms with van der Waals surface area (Å²) in [5.74, 6) is 7.19. The zero-order valence-electron chi connectivity index (χ0n) is 9.55. The lowest BCUT2D eigenvalue weighted by Gasteiger charge is -2.00. The van der Waals surface area contributed by atoms with E-state index in [1.54, 1.807) is 7.11 Å². The highest BCUT2D eigenvalue weighted by Crippen LogP contribution is 2.15. The van der Waals surface area contributed by atoms with Crippen LogP contribution in [0.15, 0.2) is 24.3 Å². The molecule has 0 atom stereocenters. The summed E-state index contributed by atoms with van der Waals surface area (Å²) < 4.78 is 5.22. The largest absolute Gasteiger partial charge is 0.495 e. The van der Waals surface area contributed by atoms with E-state index in [0.29, 0.717) is 0 Å². The van der Waals surface area contributed by atoms with Crippen LogP contribution in [-0.2, 0) is 0 Å². The number of ether oxygens (including phenoxy) is 1. The first kappa shape index (κ1) is 11.7. The summed E-state index contributed by atoms with van der Waals surface area (Å²) in [5, 5.41) is 0. The van der Waals surface area contributed by atoms with Crippen LogP contribution in [0.4, 0.5) is 0 Å². The molecule has 0 radical (unpaired) electrons. The van der Waals surface area contributed by atoms with Gasteiger partial charge in [-0.1, -0.05) is 43.7 Å². The Morgan fingerprint density at radius 1 is 1.20 bits per heavy atom. The molecule has 1 aromatic rings. The van der Waals surface area contributed by atoms with Crippen LogP contribution in [0.25, 0.3) is 0 Å². The fourth-order valence-electron chi connectivity index (χ4n) is 1.37. The number of hydrogen-bond acceptors (Lipinski definition) is 1. The van der Waals surface area contributed by atoms with Crippen LogP contribution in [0.2, 0.25) is 0 Å². The van der Waals surface area contributed by atoms with Gasteiger partial charge in [0.1, 0.15) is 5.75 Å². The summed E-state index contributed by atoms with van der Waals surface area (Å²) in [6, 6.07) is 7.88. The first-order chi connectivity index (χ1) is 7.38. The highest BCUT2D eigenvalue weighted by molar-refractivity contribution is 5.45. The molecule has 0 heterocycles. The van der Waals surface area contributed by atoms with E-state index < -0.39 is 0 Å². The number of para-hydroxylation sites is 1. The number of rotatable bonds is 4. The second-order valence-corrected chi connectivity index (χ2v) is 3.46. The molecule has 15 heavy (non-hydrogen) atoms. The molecule has 0 aliphatic carbocycles. The highest BCUT2D eigenvalue weighted by Gasteiger charge is 1.95. The van der Waals surface area contributed by atoms with E-state index in [9.17, 15) is 0 Å². The first-order valence-corrected chi connectivity index (χ1v) is 5.50. The van der Waals surface area contributed by atoms with Gasteiger partial charge in [-0.25, -0.2) is 0 Å². The second-order valence-electron chi connectivity index (χ2n) is 3.46. The van der Waals surface area contributed by atoms with Crippen LogP contribution in [0.1, 0.15) is 38.2 Å². The van der Waals surface area contributed by atoms with Gasteiger partial charge in [0, 0.05) is 6.42 Å². The molecule has 1 heteroatoms. The van der Waals surface area contributed by atoms with Crippen LogP contribution in [-0.4, -0.2) is 7.11 Å². The Hall–Kier alpha value is -1.42. The lowest BCUT2D eigenvalue weighted by atomic mass is 10.1. The SMILES string of the molecule is CCCCCC#Cc1ccccc1OC. The number of hydrogen-bond donors (Lipinski definition) is 0. The van der Waals surface area contributed by atoms with Gasteiger partial charge in [-0.15, -0.1) is 0 Å². The highest BCUT2D eigenvalue weighted by atomic mass is 16.5. The maximum absolute atomic E-state index is 5.22. The second kappa shape index (κ2) is 6.95. The molecule has 0 fully saturated rings. The molecule has 0 unspecified atom stereocenters. The van der Waals surface area contributed by atoms with E-state index >= 15 is 0 Å². The van der Waals surface area contributed by atoms with E-state index in [2.05, 4.69) is 18.8 Å². The molecular weight excluding hydrogens is 184 g/mol. The molecule has 1 aromatic carbocycles.